The van der Waals surface area contributed by atoms with Crippen LogP contribution in [0, 0.1) is 0 Å². The molecule has 0 aliphatic rings. The van der Waals surface area contributed by atoms with Gasteiger partial charge >= 0.3 is 0 Å². The van der Waals surface area contributed by atoms with Gasteiger partial charge in [0.05, 0.1) is 0 Å². The summed E-state index contributed by atoms with van der Waals surface area (Å²) in [5.74, 6) is 0.137. The smallest absolute Gasteiger partial charge is 0.229 e. The molecule has 0 saturated heterocycles. The van der Waals surface area contributed by atoms with Crippen LogP contribution >= 0.6 is 11.3 Å². The summed E-state index contributed by atoms with van der Waals surface area (Å²) >= 11 is 1.40. The Bertz CT molecular complexity index is 494. The van der Waals surface area contributed by atoms with Crippen LogP contribution in [0.25, 0.3) is 0 Å². The molecule has 0 unspecified atom stereocenters. The van der Waals surface area contributed by atoms with E-state index in [0.29, 0.717) is 10.8 Å². The molecule has 2 rings (SSSR count). The largest absolute Gasteiger partial charge is 0.506 e. The van der Waals surface area contributed by atoms with Crippen molar-refractivity contribution in [2.75, 3.05) is 0 Å². The van der Waals surface area contributed by atoms with Crippen LogP contribution in [-0.4, -0.2) is 10.1 Å². The lowest BCUT2D eigenvalue weighted by atomic mass is 10.1. The summed E-state index contributed by atoms with van der Waals surface area (Å²) in [5.41, 5.74) is 1.60. The summed E-state index contributed by atoms with van der Waals surface area (Å²) in [4.78, 5) is 3.98. The van der Waals surface area contributed by atoms with Crippen LogP contribution in [-0.2, 0) is 6.42 Å². The van der Waals surface area contributed by atoms with Gasteiger partial charge in [-0.3, -0.25) is 0 Å². The van der Waals surface area contributed by atoms with E-state index in [2.05, 4.69) is 15.2 Å². The molecular formula is C11H11N3OS. The van der Waals surface area contributed by atoms with Crippen molar-refractivity contribution in [3.63, 3.8) is 0 Å². The number of rotatable bonds is 3. The van der Waals surface area contributed by atoms with E-state index in [0.717, 1.165) is 12.0 Å². The minimum Gasteiger partial charge on any atom is -0.506 e. The SMILES string of the molecule is CCc1ccc(O)c(N=Nc2nccs2)c1. The number of aryl methyl sites for hydroxylation is 1. The molecule has 1 aromatic heterocycles. The molecule has 0 fully saturated rings. The highest BCUT2D eigenvalue weighted by molar-refractivity contribution is 7.13. The second-order valence-corrected chi connectivity index (χ2v) is 4.06. The number of phenolic OH excluding ortho intramolecular Hbond substituents is 1. The first-order chi connectivity index (χ1) is 7.79. The van der Waals surface area contributed by atoms with Gasteiger partial charge in [-0.15, -0.1) is 21.6 Å². The first-order valence-corrected chi connectivity index (χ1v) is 5.80. The van der Waals surface area contributed by atoms with E-state index in [9.17, 15) is 5.11 Å². The van der Waals surface area contributed by atoms with Crippen LogP contribution in [0.15, 0.2) is 40.0 Å². The molecule has 1 aromatic carbocycles. The van der Waals surface area contributed by atoms with Gasteiger partial charge in [-0.25, -0.2) is 4.98 Å². The standard InChI is InChI=1S/C11H11N3OS/c1-2-8-3-4-10(15)9(7-8)13-14-11-12-5-6-16-11/h3-7,15H,2H2,1H3. The van der Waals surface area contributed by atoms with Gasteiger partial charge in [0.2, 0.25) is 5.13 Å². The Kier molecular flexibility index (Phi) is 3.26. The molecule has 1 N–H and O–H groups in total. The normalized spacial score (nSPS) is 11.1. The Morgan fingerprint density at radius 1 is 1.38 bits per heavy atom. The number of aromatic nitrogens is 1. The second kappa shape index (κ2) is 4.85. The average Bonchev–Trinajstić information content (AvgIpc) is 2.81. The zero-order valence-electron chi connectivity index (χ0n) is 8.79. The quantitative estimate of drug-likeness (QED) is 0.819. The lowest BCUT2D eigenvalue weighted by molar-refractivity contribution is 0.476. The van der Waals surface area contributed by atoms with Crippen molar-refractivity contribution in [3.8, 4) is 5.75 Å². The summed E-state index contributed by atoms with van der Waals surface area (Å²) in [7, 11) is 0. The number of azo groups is 1. The lowest BCUT2D eigenvalue weighted by Crippen LogP contribution is -1.78. The van der Waals surface area contributed by atoms with Crippen molar-refractivity contribution >= 4 is 22.2 Å². The van der Waals surface area contributed by atoms with Gasteiger partial charge in [0.15, 0.2) is 0 Å². The van der Waals surface area contributed by atoms with Crippen molar-refractivity contribution in [1.82, 2.24) is 4.98 Å². The average molecular weight is 233 g/mol. The van der Waals surface area contributed by atoms with E-state index in [4.69, 9.17) is 0 Å². The summed E-state index contributed by atoms with van der Waals surface area (Å²) < 4.78 is 0. The first kappa shape index (κ1) is 10.8. The van der Waals surface area contributed by atoms with E-state index in [1.165, 1.54) is 11.3 Å². The zero-order valence-corrected chi connectivity index (χ0v) is 9.61. The van der Waals surface area contributed by atoms with Crippen molar-refractivity contribution in [3.05, 3.63) is 35.3 Å². The number of aromatic hydroxyl groups is 1. The van der Waals surface area contributed by atoms with Gasteiger partial charge in [0, 0.05) is 11.6 Å². The Balaban J connectivity index is 2.26. The molecule has 16 heavy (non-hydrogen) atoms. The molecule has 82 valence electrons. The van der Waals surface area contributed by atoms with Gasteiger partial charge in [-0.05, 0) is 24.1 Å². The molecule has 1 heterocycles. The maximum absolute atomic E-state index is 9.59. The third kappa shape index (κ3) is 2.43. The topological polar surface area (TPSA) is 57.8 Å². The zero-order chi connectivity index (χ0) is 11.4. The highest BCUT2D eigenvalue weighted by Gasteiger charge is 2.01. The van der Waals surface area contributed by atoms with Crippen molar-refractivity contribution in [1.29, 1.82) is 0 Å². The van der Waals surface area contributed by atoms with Crippen LogP contribution < -0.4 is 0 Å². The molecule has 0 radical (unpaired) electrons. The van der Waals surface area contributed by atoms with Crippen LogP contribution in [0.2, 0.25) is 0 Å². The predicted molar refractivity (Wildman–Crippen MR) is 63.8 cm³/mol. The highest BCUT2D eigenvalue weighted by atomic mass is 32.1. The Hall–Kier alpha value is -1.75. The number of hydrogen-bond acceptors (Lipinski definition) is 5. The molecule has 5 heteroatoms. The summed E-state index contributed by atoms with van der Waals surface area (Å²) in [6.45, 7) is 2.05. The fourth-order valence-corrected chi connectivity index (χ4v) is 1.68. The van der Waals surface area contributed by atoms with E-state index in [1.807, 2.05) is 24.4 Å². The van der Waals surface area contributed by atoms with Crippen molar-refractivity contribution in [2.45, 2.75) is 13.3 Å². The molecule has 4 nitrogen and oxygen atoms in total. The van der Waals surface area contributed by atoms with Gasteiger partial charge in [0.1, 0.15) is 11.4 Å². The van der Waals surface area contributed by atoms with Gasteiger partial charge in [0.25, 0.3) is 0 Å². The monoisotopic (exact) mass is 233 g/mol. The van der Waals surface area contributed by atoms with Crippen molar-refractivity contribution < 1.29 is 5.11 Å². The van der Waals surface area contributed by atoms with Gasteiger partial charge in [-0.2, -0.15) is 0 Å². The molecule has 0 atom stereocenters. The minimum atomic E-state index is 0.137. The molecule has 0 aliphatic heterocycles. The van der Waals surface area contributed by atoms with Crippen LogP contribution in [0.3, 0.4) is 0 Å². The maximum Gasteiger partial charge on any atom is 0.229 e. The Labute approximate surface area is 97.3 Å². The maximum atomic E-state index is 9.59. The third-order valence-corrected chi connectivity index (χ3v) is 2.77. The Morgan fingerprint density at radius 2 is 2.25 bits per heavy atom. The summed E-state index contributed by atoms with van der Waals surface area (Å²) in [6, 6.07) is 5.33. The van der Waals surface area contributed by atoms with E-state index < -0.39 is 0 Å². The molecule has 0 amide bonds. The predicted octanol–water partition coefficient (Wildman–Crippen LogP) is 3.83. The number of thiazole rings is 1. The first-order valence-electron chi connectivity index (χ1n) is 4.92. The lowest BCUT2D eigenvalue weighted by Gasteiger charge is -2.00. The molecule has 0 bridgehead atoms. The Morgan fingerprint density at radius 3 is 2.94 bits per heavy atom. The second-order valence-electron chi connectivity index (χ2n) is 3.19. The van der Waals surface area contributed by atoms with Crippen LogP contribution in [0.5, 0.6) is 5.75 Å². The number of benzene rings is 1. The number of phenols is 1. The van der Waals surface area contributed by atoms with E-state index in [-0.39, 0.29) is 5.75 Å². The van der Waals surface area contributed by atoms with E-state index in [1.54, 1.807) is 12.3 Å². The van der Waals surface area contributed by atoms with E-state index >= 15 is 0 Å². The fraction of sp³-hybridized carbons (Fsp3) is 0.182. The third-order valence-electron chi connectivity index (χ3n) is 2.11. The summed E-state index contributed by atoms with van der Waals surface area (Å²) in [5, 5.41) is 19.9. The highest BCUT2D eigenvalue weighted by Crippen LogP contribution is 2.29. The molecule has 0 saturated carbocycles. The molecule has 0 spiro atoms. The molecular weight excluding hydrogens is 222 g/mol. The number of nitrogens with zero attached hydrogens (tertiary/aromatic N) is 3. The van der Waals surface area contributed by atoms with Crippen molar-refractivity contribution in [2.24, 2.45) is 10.2 Å². The number of hydrogen-bond donors (Lipinski definition) is 1. The molecule has 0 aliphatic carbocycles. The fourth-order valence-electron chi connectivity index (χ4n) is 1.23. The van der Waals surface area contributed by atoms with Gasteiger partial charge < -0.3 is 5.11 Å². The molecule has 2 aromatic rings. The summed E-state index contributed by atoms with van der Waals surface area (Å²) in [6.07, 6.45) is 2.57. The minimum absolute atomic E-state index is 0.137. The van der Waals surface area contributed by atoms with Crippen LogP contribution in [0.1, 0.15) is 12.5 Å². The van der Waals surface area contributed by atoms with Gasteiger partial charge in [-0.1, -0.05) is 13.0 Å². The van der Waals surface area contributed by atoms with Crippen LogP contribution in [0.4, 0.5) is 10.8 Å².